The predicted octanol–water partition coefficient (Wildman–Crippen LogP) is 3.42. The summed E-state index contributed by atoms with van der Waals surface area (Å²) >= 11 is 0. The molecule has 5 heteroatoms. The highest BCUT2D eigenvalue weighted by molar-refractivity contribution is 5.83. The first-order valence-corrected chi connectivity index (χ1v) is 6.99. The summed E-state index contributed by atoms with van der Waals surface area (Å²) in [4.78, 5) is 16.3. The van der Waals surface area contributed by atoms with Crippen molar-refractivity contribution in [2.24, 2.45) is 0 Å². The third-order valence-electron chi connectivity index (χ3n) is 3.56. The van der Waals surface area contributed by atoms with Crippen LogP contribution < -0.4 is 0 Å². The lowest BCUT2D eigenvalue weighted by Gasteiger charge is -2.28. The van der Waals surface area contributed by atoms with Crippen LogP contribution in [0.3, 0.4) is 0 Å². The minimum absolute atomic E-state index is 0.0113. The molecule has 0 radical (unpaired) electrons. The molecule has 1 atom stereocenters. The van der Waals surface area contributed by atoms with Crippen LogP contribution in [0.5, 0.6) is 0 Å². The lowest BCUT2D eigenvalue weighted by Crippen LogP contribution is -2.37. The number of aromatic nitrogens is 1. The first-order valence-electron chi connectivity index (χ1n) is 6.99. The quantitative estimate of drug-likeness (QED) is 0.795. The Morgan fingerprint density at radius 1 is 1.23 bits per heavy atom. The number of hydrogen-bond acceptors (Lipinski definition) is 3. The molecule has 0 saturated heterocycles. The Bertz CT molecular complexity index is 661. The zero-order valence-corrected chi connectivity index (χ0v) is 12.5. The number of hydrogen-bond donors (Lipinski definition) is 0. The zero-order chi connectivity index (χ0) is 16.2. The van der Waals surface area contributed by atoms with Gasteiger partial charge in [0.25, 0.3) is 0 Å². The van der Waals surface area contributed by atoms with Gasteiger partial charge in [0, 0.05) is 18.0 Å². The van der Waals surface area contributed by atoms with Gasteiger partial charge in [-0.05, 0) is 56.2 Å². The van der Waals surface area contributed by atoms with E-state index in [1.54, 1.807) is 38.4 Å². The van der Waals surface area contributed by atoms with Gasteiger partial charge >= 0.3 is 5.97 Å². The highest BCUT2D eigenvalue weighted by atomic mass is 19.1. The molecule has 0 aliphatic rings. The lowest BCUT2D eigenvalue weighted by molar-refractivity contribution is -0.149. The summed E-state index contributed by atoms with van der Waals surface area (Å²) in [6.45, 7) is 3.40. The molecule has 2 aromatic rings. The molecule has 0 fully saturated rings. The van der Waals surface area contributed by atoms with Crippen LogP contribution in [0.1, 0.15) is 25.0 Å². The number of carbonyl (C=O) groups is 1. The molecular weight excluding hydrogens is 288 g/mol. The monoisotopic (exact) mass is 305 g/mol. The zero-order valence-electron chi connectivity index (χ0n) is 12.5. The van der Waals surface area contributed by atoms with Crippen LogP contribution >= 0.6 is 0 Å². The second-order valence-corrected chi connectivity index (χ2v) is 5.21. The van der Waals surface area contributed by atoms with E-state index in [-0.39, 0.29) is 18.6 Å². The first kappa shape index (κ1) is 16.1. The van der Waals surface area contributed by atoms with Crippen molar-refractivity contribution in [3.05, 3.63) is 65.5 Å². The second-order valence-electron chi connectivity index (χ2n) is 5.21. The molecular formula is C17H17F2NO2. The van der Waals surface area contributed by atoms with E-state index in [0.717, 1.165) is 23.8 Å². The largest absolute Gasteiger partial charge is 0.465 e. The third-order valence-corrected chi connectivity index (χ3v) is 3.56. The van der Waals surface area contributed by atoms with Crippen LogP contribution in [0.4, 0.5) is 8.78 Å². The summed E-state index contributed by atoms with van der Waals surface area (Å²) in [5, 5.41) is 0. The molecule has 116 valence electrons. The molecule has 1 aromatic carbocycles. The molecule has 1 unspecified atom stereocenters. The van der Waals surface area contributed by atoms with E-state index in [1.807, 2.05) is 0 Å². The van der Waals surface area contributed by atoms with Gasteiger partial charge in [-0.15, -0.1) is 0 Å². The number of rotatable bonds is 5. The topological polar surface area (TPSA) is 39.2 Å². The number of halogens is 2. The van der Waals surface area contributed by atoms with Gasteiger partial charge in [0.2, 0.25) is 0 Å². The van der Waals surface area contributed by atoms with E-state index in [4.69, 9.17) is 4.74 Å². The van der Waals surface area contributed by atoms with Crippen molar-refractivity contribution in [1.29, 1.82) is 0 Å². The Labute approximate surface area is 128 Å². The van der Waals surface area contributed by atoms with E-state index in [9.17, 15) is 13.6 Å². The molecule has 2 rings (SSSR count). The molecule has 1 heterocycles. The minimum Gasteiger partial charge on any atom is -0.465 e. The summed E-state index contributed by atoms with van der Waals surface area (Å²) < 4.78 is 32.8. The molecule has 0 aliphatic heterocycles. The summed E-state index contributed by atoms with van der Waals surface area (Å²) in [6.07, 6.45) is 3.36. The van der Waals surface area contributed by atoms with E-state index >= 15 is 0 Å². The maximum absolute atomic E-state index is 14.2. The molecule has 22 heavy (non-hydrogen) atoms. The van der Waals surface area contributed by atoms with Crippen molar-refractivity contribution >= 4 is 5.97 Å². The van der Waals surface area contributed by atoms with Crippen LogP contribution in [0.2, 0.25) is 0 Å². The summed E-state index contributed by atoms with van der Waals surface area (Å²) in [7, 11) is 0. The van der Waals surface area contributed by atoms with Crippen molar-refractivity contribution in [2.45, 2.75) is 25.7 Å². The first-order chi connectivity index (χ1) is 10.5. The molecule has 0 saturated carbocycles. The Hall–Kier alpha value is -2.30. The van der Waals surface area contributed by atoms with Crippen LogP contribution in [0.25, 0.3) is 0 Å². The third kappa shape index (κ3) is 3.30. The standard InChI is InChI=1S/C17H17F2NO2/c1-3-22-16(21)17(2,11-12-6-8-20-9-7-12)14-10-13(18)4-5-15(14)19/h4-10H,3,11H2,1-2H3. The van der Waals surface area contributed by atoms with Crippen molar-refractivity contribution in [3.63, 3.8) is 0 Å². The minimum atomic E-state index is -1.32. The molecule has 0 aliphatic carbocycles. The van der Waals surface area contributed by atoms with Crippen molar-refractivity contribution < 1.29 is 18.3 Å². The van der Waals surface area contributed by atoms with Crippen LogP contribution in [-0.4, -0.2) is 17.6 Å². The summed E-state index contributed by atoms with van der Waals surface area (Å²) in [6, 6.07) is 6.56. The Morgan fingerprint density at radius 2 is 1.91 bits per heavy atom. The fourth-order valence-corrected chi connectivity index (χ4v) is 2.40. The average Bonchev–Trinajstić information content (AvgIpc) is 2.50. The molecule has 0 amide bonds. The fourth-order valence-electron chi connectivity index (χ4n) is 2.40. The number of esters is 1. The van der Waals surface area contributed by atoms with E-state index < -0.39 is 23.0 Å². The normalized spacial score (nSPS) is 13.5. The van der Waals surface area contributed by atoms with Crippen molar-refractivity contribution in [2.75, 3.05) is 6.61 Å². The lowest BCUT2D eigenvalue weighted by atomic mass is 9.77. The van der Waals surface area contributed by atoms with Crippen LogP contribution in [0, 0.1) is 11.6 Å². The highest BCUT2D eigenvalue weighted by Gasteiger charge is 2.39. The maximum Gasteiger partial charge on any atom is 0.316 e. The van der Waals surface area contributed by atoms with Gasteiger partial charge in [0.15, 0.2) is 0 Å². The average molecular weight is 305 g/mol. The van der Waals surface area contributed by atoms with Gasteiger partial charge in [0.05, 0.1) is 12.0 Å². The molecule has 3 nitrogen and oxygen atoms in total. The Kier molecular flexibility index (Phi) is 4.85. The van der Waals surface area contributed by atoms with Crippen LogP contribution in [-0.2, 0) is 21.4 Å². The van der Waals surface area contributed by atoms with Crippen LogP contribution in [0.15, 0.2) is 42.7 Å². The number of carbonyl (C=O) groups excluding carboxylic acids is 1. The molecule has 1 aromatic heterocycles. The Morgan fingerprint density at radius 3 is 2.55 bits per heavy atom. The predicted molar refractivity (Wildman–Crippen MR) is 78.3 cm³/mol. The Balaban J connectivity index is 2.50. The van der Waals surface area contributed by atoms with Gasteiger partial charge in [-0.2, -0.15) is 0 Å². The number of ether oxygens (including phenoxy) is 1. The number of nitrogens with zero attached hydrogens (tertiary/aromatic N) is 1. The maximum atomic E-state index is 14.2. The van der Waals surface area contributed by atoms with Gasteiger partial charge in [-0.3, -0.25) is 9.78 Å². The summed E-state index contributed by atoms with van der Waals surface area (Å²) in [5.41, 5.74) is -0.541. The smallest absolute Gasteiger partial charge is 0.316 e. The van der Waals surface area contributed by atoms with E-state index in [1.165, 1.54) is 0 Å². The molecule has 0 bridgehead atoms. The van der Waals surface area contributed by atoms with Gasteiger partial charge in [-0.1, -0.05) is 0 Å². The summed E-state index contributed by atoms with van der Waals surface area (Å²) in [5.74, 6) is -1.82. The van der Waals surface area contributed by atoms with E-state index in [2.05, 4.69) is 4.98 Å². The van der Waals surface area contributed by atoms with Gasteiger partial charge in [-0.25, -0.2) is 8.78 Å². The fraction of sp³-hybridized carbons (Fsp3) is 0.294. The van der Waals surface area contributed by atoms with Crippen molar-refractivity contribution in [1.82, 2.24) is 4.98 Å². The molecule has 0 spiro atoms. The number of pyridine rings is 1. The highest BCUT2D eigenvalue weighted by Crippen LogP contribution is 2.32. The van der Waals surface area contributed by atoms with Gasteiger partial charge in [0.1, 0.15) is 11.6 Å². The molecule has 0 N–H and O–H groups in total. The van der Waals surface area contributed by atoms with Gasteiger partial charge < -0.3 is 4.74 Å². The SMILES string of the molecule is CCOC(=O)C(C)(Cc1ccncc1)c1cc(F)ccc1F. The second kappa shape index (κ2) is 6.64. The number of benzene rings is 1. The van der Waals surface area contributed by atoms with E-state index in [0.29, 0.717) is 0 Å². The van der Waals surface area contributed by atoms with Crippen molar-refractivity contribution in [3.8, 4) is 0 Å².